The summed E-state index contributed by atoms with van der Waals surface area (Å²) in [5.41, 5.74) is 0. The second kappa shape index (κ2) is 5.80. The van der Waals surface area contributed by atoms with Crippen molar-refractivity contribution in [3.05, 3.63) is 18.2 Å². The van der Waals surface area contributed by atoms with Gasteiger partial charge in [-0.15, -0.1) is 0 Å². The quantitative estimate of drug-likeness (QED) is 0.733. The van der Waals surface area contributed by atoms with Crippen LogP contribution in [0.15, 0.2) is 12.4 Å². The van der Waals surface area contributed by atoms with Crippen molar-refractivity contribution in [2.45, 2.75) is 26.8 Å². The van der Waals surface area contributed by atoms with E-state index in [2.05, 4.69) is 4.98 Å². The summed E-state index contributed by atoms with van der Waals surface area (Å²) in [7, 11) is 3.92. The van der Waals surface area contributed by atoms with Crippen molar-refractivity contribution < 1.29 is 4.79 Å². The molecule has 1 heterocycles. The third-order valence-corrected chi connectivity index (χ3v) is 2.92. The van der Waals surface area contributed by atoms with E-state index in [4.69, 9.17) is 0 Å². The van der Waals surface area contributed by atoms with Crippen molar-refractivity contribution in [3.63, 3.8) is 0 Å². The second-order valence-electron chi connectivity index (χ2n) is 4.40. The van der Waals surface area contributed by atoms with Gasteiger partial charge in [0.25, 0.3) is 0 Å². The molecule has 0 aliphatic rings. The predicted octanol–water partition coefficient (Wildman–Crippen LogP) is 1.47. The topological polar surface area (TPSA) is 38.1 Å². The van der Waals surface area contributed by atoms with Gasteiger partial charge in [-0.25, -0.2) is 4.98 Å². The van der Waals surface area contributed by atoms with Gasteiger partial charge in [-0.05, 0) is 13.5 Å². The molecule has 0 aromatic carbocycles. The fourth-order valence-corrected chi connectivity index (χ4v) is 1.50. The molecule has 1 unspecified atom stereocenters. The molecular weight excluding hydrogens is 202 g/mol. The molecule has 90 valence electrons. The minimum atomic E-state index is 0.156. The summed E-state index contributed by atoms with van der Waals surface area (Å²) >= 11 is 0. The van der Waals surface area contributed by atoms with Crippen molar-refractivity contribution in [1.82, 2.24) is 14.5 Å². The summed E-state index contributed by atoms with van der Waals surface area (Å²) in [6, 6.07) is 0. The van der Waals surface area contributed by atoms with E-state index in [0.29, 0.717) is 18.9 Å². The number of imidazole rings is 1. The standard InChI is InChI=1S/C12H21N3O/c1-5-10(2)11(16)8-14(3)9-12-13-6-7-15(12)4/h6-7,10H,5,8-9H2,1-4H3. The normalized spacial score (nSPS) is 13.1. The maximum Gasteiger partial charge on any atom is 0.149 e. The number of likely N-dealkylation sites (N-methyl/N-ethyl adjacent to an activating group) is 1. The van der Waals surface area contributed by atoms with Crippen LogP contribution in [-0.2, 0) is 18.4 Å². The number of Topliss-reactive ketones (excluding diaryl/α,β-unsaturated/α-hetero) is 1. The lowest BCUT2D eigenvalue weighted by molar-refractivity contribution is -0.123. The molecule has 0 aliphatic heterocycles. The minimum Gasteiger partial charge on any atom is -0.337 e. The fraction of sp³-hybridized carbons (Fsp3) is 0.667. The molecule has 4 nitrogen and oxygen atoms in total. The van der Waals surface area contributed by atoms with Gasteiger partial charge in [0, 0.05) is 25.4 Å². The molecule has 1 aromatic rings. The molecule has 0 spiro atoms. The number of ketones is 1. The first kappa shape index (κ1) is 12.9. The van der Waals surface area contributed by atoms with Crippen LogP contribution in [0, 0.1) is 5.92 Å². The minimum absolute atomic E-state index is 0.156. The monoisotopic (exact) mass is 223 g/mol. The first-order chi connectivity index (χ1) is 7.54. The van der Waals surface area contributed by atoms with Gasteiger partial charge in [-0.3, -0.25) is 9.69 Å². The Bertz CT molecular complexity index is 346. The molecule has 1 atom stereocenters. The lowest BCUT2D eigenvalue weighted by Gasteiger charge is -2.17. The Hall–Kier alpha value is -1.16. The zero-order chi connectivity index (χ0) is 12.1. The number of hydrogen-bond acceptors (Lipinski definition) is 3. The van der Waals surface area contributed by atoms with Crippen LogP contribution in [0.25, 0.3) is 0 Å². The zero-order valence-corrected chi connectivity index (χ0v) is 10.6. The highest BCUT2D eigenvalue weighted by molar-refractivity contribution is 5.82. The van der Waals surface area contributed by atoms with E-state index in [-0.39, 0.29) is 5.92 Å². The number of aromatic nitrogens is 2. The van der Waals surface area contributed by atoms with E-state index in [9.17, 15) is 4.79 Å². The Morgan fingerprint density at radius 3 is 2.81 bits per heavy atom. The Morgan fingerprint density at radius 2 is 2.31 bits per heavy atom. The van der Waals surface area contributed by atoms with Crippen LogP contribution in [0.4, 0.5) is 0 Å². The third kappa shape index (κ3) is 3.45. The Morgan fingerprint density at radius 1 is 1.62 bits per heavy atom. The second-order valence-corrected chi connectivity index (χ2v) is 4.40. The number of nitrogens with zero attached hydrogens (tertiary/aromatic N) is 3. The molecule has 0 radical (unpaired) electrons. The smallest absolute Gasteiger partial charge is 0.149 e. The summed E-state index contributed by atoms with van der Waals surface area (Å²) < 4.78 is 1.98. The number of carbonyl (C=O) groups excluding carboxylic acids is 1. The van der Waals surface area contributed by atoms with Gasteiger partial charge < -0.3 is 4.57 Å². The van der Waals surface area contributed by atoms with Crippen LogP contribution >= 0.6 is 0 Å². The first-order valence-corrected chi connectivity index (χ1v) is 5.72. The maximum atomic E-state index is 11.7. The van der Waals surface area contributed by atoms with Gasteiger partial charge in [-0.1, -0.05) is 13.8 Å². The molecule has 0 bridgehead atoms. The number of rotatable bonds is 6. The molecule has 0 saturated carbocycles. The van der Waals surface area contributed by atoms with Gasteiger partial charge in [-0.2, -0.15) is 0 Å². The van der Waals surface area contributed by atoms with Crippen molar-refractivity contribution in [3.8, 4) is 0 Å². The van der Waals surface area contributed by atoms with Crippen molar-refractivity contribution in [1.29, 1.82) is 0 Å². The lowest BCUT2D eigenvalue weighted by Crippen LogP contribution is -2.29. The van der Waals surface area contributed by atoms with Crippen molar-refractivity contribution >= 4 is 5.78 Å². The van der Waals surface area contributed by atoms with E-state index in [0.717, 1.165) is 12.2 Å². The largest absolute Gasteiger partial charge is 0.337 e. The van der Waals surface area contributed by atoms with Crippen LogP contribution < -0.4 is 0 Å². The lowest BCUT2D eigenvalue weighted by atomic mass is 10.0. The van der Waals surface area contributed by atoms with Crippen molar-refractivity contribution in [2.75, 3.05) is 13.6 Å². The molecule has 0 aliphatic carbocycles. The Kier molecular flexibility index (Phi) is 4.68. The Balaban J connectivity index is 2.45. The summed E-state index contributed by atoms with van der Waals surface area (Å²) in [6.45, 7) is 5.24. The van der Waals surface area contributed by atoms with Crippen LogP contribution in [-0.4, -0.2) is 33.8 Å². The SMILES string of the molecule is CCC(C)C(=O)CN(C)Cc1nccn1C. The molecule has 16 heavy (non-hydrogen) atoms. The molecular formula is C12H21N3O. The number of carbonyl (C=O) groups is 1. The molecule has 0 N–H and O–H groups in total. The summed E-state index contributed by atoms with van der Waals surface area (Å²) in [4.78, 5) is 18.0. The van der Waals surface area contributed by atoms with E-state index in [1.807, 2.05) is 43.6 Å². The van der Waals surface area contributed by atoms with Crippen LogP contribution in [0.5, 0.6) is 0 Å². The first-order valence-electron chi connectivity index (χ1n) is 5.72. The average molecular weight is 223 g/mol. The third-order valence-electron chi connectivity index (χ3n) is 2.92. The molecule has 4 heteroatoms. The predicted molar refractivity (Wildman–Crippen MR) is 64.0 cm³/mol. The zero-order valence-electron chi connectivity index (χ0n) is 10.6. The summed E-state index contributed by atoms with van der Waals surface area (Å²) in [6.07, 6.45) is 4.61. The molecule has 0 amide bonds. The van der Waals surface area contributed by atoms with Gasteiger partial charge >= 0.3 is 0 Å². The maximum absolute atomic E-state index is 11.7. The number of aryl methyl sites for hydroxylation is 1. The van der Waals surface area contributed by atoms with Crippen LogP contribution in [0.2, 0.25) is 0 Å². The average Bonchev–Trinajstić information content (AvgIpc) is 2.63. The fourth-order valence-electron chi connectivity index (χ4n) is 1.50. The molecule has 1 rings (SSSR count). The summed E-state index contributed by atoms with van der Waals surface area (Å²) in [5.74, 6) is 1.45. The molecule has 1 aromatic heterocycles. The van der Waals surface area contributed by atoms with Crippen LogP contribution in [0.1, 0.15) is 26.1 Å². The van der Waals surface area contributed by atoms with Crippen molar-refractivity contribution in [2.24, 2.45) is 13.0 Å². The van der Waals surface area contributed by atoms with Crippen LogP contribution in [0.3, 0.4) is 0 Å². The Labute approximate surface area is 97.3 Å². The highest BCUT2D eigenvalue weighted by atomic mass is 16.1. The molecule has 0 fully saturated rings. The van der Waals surface area contributed by atoms with Gasteiger partial charge in [0.2, 0.25) is 0 Å². The highest BCUT2D eigenvalue weighted by Crippen LogP contribution is 2.05. The highest BCUT2D eigenvalue weighted by Gasteiger charge is 2.14. The van der Waals surface area contributed by atoms with E-state index >= 15 is 0 Å². The number of hydrogen-bond donors (Lipinski definition) is 0. The van der Waals surface area contributed by atoms with E-state index < -0.39 is 0 Å². The van der Waals surface area contributed by atoms with Gasteiger partial charge in [0.15, 0.2) is 0 Å². The van der Waals surface area contributed by atoms with E-state index in [1.165, 1.54) is 0 Å². The molecule has 0 saturated heterocycles. The summed E-state index contributed by atoms with van der Waals surface area (Å²) in [5, 5.41) is 0. The van der Waals surface area contributed by atoms with Gasteiger partial charge in [0.1, 0.15) is 11.6 Å². The van der Waals surface area contributed by atoms with E-state index in [1.54, 1.807) is 6.20 Å². The van der Waals surface area contributed by atoms with Gasteiger partial charge in [0.05, 0.1) is 13.1 Å².